The topological polar surface area (TPSA) is 99.5 Å². The second-order valence-electron chi connectivity index (χ2n) is 5.29. The molecule has 1 saturated heterocycles. The first-order valence-electron chi connectivity index (χ1n) is 7.73. The van der Waals surface area contributed by atoms with Crippen molar-refractivity contribution in [2.24, 2.45) is 0 Å². The van der Waals surface area contributed by atoms with E-state index < -0.39 is 16.0 Å². The minimum absolute atomic E-state index is 0.101. The number of hydrogen-bond acceptors (Lipinski definition) is 6. The molecule has 1 heterocycles. The summed E-state index contributed by atoms with van der Waals surface area (Å²) in [6, 6.07) is 5.99. The number of nitriles is 1. The maximum Gasteiger partial charge on any atom is 0.350 e. The second-order valence-corrected chi connectivity index (χ2v) is 7.63. The predicted octanol–water partition coefficient (Wildman–Crippen LogP) is 2.51. The van der Waals surface area contributed by atoms with E-state index in [0.29, 0.717) is 13.1 Å². The van der Waals surface area contributed by atoms with Crippen molar-refractivity contribution in [1.29, 1.82) is 5.26 Å². The molecule has 0 aliphatic carbocycles. The molecule has 7 nitrogen and oxygen atoms in total. The van der Waals surface area contributed by atoms with E-state index in [-0.39, 0.29) is 27.8 Å². The van der Waals surface area contributed by atoms with Gasteiger partial charge in [0.2, 0.25) is 10.0 Å². The van der Waals surface area contributed by atoms with Crippen LogP contribution in [0.3, 0.4) is 0 Å². The van der Waals surface area contributed by atoms with Crippen molar-refractivity contribution in [1.82, 2.24) is 4.31 Å². The van der Waals surface area contributed by atoms with Crippen molar-refractivity contribution in [3.05, 3.63) is 35.0 Å². The summed E-state index contributed by atoms with van der Waals surface area (Å²) < 4.78 is 31.4. The van der Waals surface area contributed by atoms with Gasteiger partial charge in [0, 0.05) is 19.3 Å². The van der Waals surface area contributed by atoms with Crippen LogP contribution in [0.5, 0.6) is 0 Å². The van der Waals surface area contributed by atoms with Gasteiger partial charge in [0.1, 0.15) is 6.07 Å². The van der Waals surface area contributed by atoms with Crippen LogP contribution in [0.1, 0.15) is 19.8 Å². The van der Waals surface area contributed by atoms with Gasteiger partial charge in [-0.1, -0.05) is 11.6 Å². The third kappa shape index (κ3) is 4.51. The van der Waals surface area contributed by atoms with Crippen LogP contribution < -0.4 is 5.32 Å². The van der Waals surface area contributed by atoms with E-state index in [1.165, 1.54) is 22.5 Å². The summed E-state index contributed by atoms with van der Waals surface area (Å²) >= 11 is 6.07. The Labute approximate surface area is 151 Å². The van der Waals surface area contributed by atoms with Crippen LogP contribution in [-0.4, -0.2) is 38.4 Å². The number of sulfonamides is 1. The number of hydrogen-bond donors (Lipinski definition) is 1. The molecule has 25 heavy (non-hydrogen) atoms. The van der Waals surface area contributed by atoms with Crippen molar-refractivity contribution in [3.8, 4) is 6.07 Å². The number of halogens is 1. The SMILES string of the molecule is CCOC(=O)/C(C#N)=C/Nc1cc(S(=O)(=O)N2CCCC2)ccc1Cl. The molecular formula is C16H18ClN3O4S. The molecule has 1 aromatic carbocycles. The number of nitrogens with one attached hydrogen (secondary N) is 1. The molecule has 1 fully saturated rings. The van der Waals surface area contributed by atoms with Crippen LogP contribution in [0.15, 0.2) is 34.9 Å². The minimum Gasteiger partial charge on any atom is -0.462 e. The van der Waals surface area contributed by atoms with E-state index in [9.17, 15) is 13.2 Å². The fraction of sp³-hybridized carbons (Fsp3) is 0.375. The number of benzene rings is 1. The first-order chi connectivity index (χ1) is 11.9. The van der Waals surface area contributed by atoms with Gasteiger partial charge in [-0.25, -0.2) is 13.2 Å². The van der Waals surface area contributed by atoms with Gasteiger partial charge in [0.15, 0.2) is 5.57 Å². The molecule has 0 unspecified atom stereocenters. The second kappa shape index (κ2) is 8.34. The van der Waals surface area contributed by atoms with Gasteiger partial charge < -0.3 is 10.1 Å². The monoisotopic (exact) mass is 383 g/mol. The van der Waals surface area contributed by atoms with E-state index in [1.54, 1.807) is 13.0 Å². The highest BCUT2D eigenvalue weighted by Gasteiger charge is 2.27. The molecule has 134 valence electrons. The summed E-state index contributed by atoms with van der Waals surface area (Å²) in [7, 11) is -3.59. The molecule has 2 rings (SSSR count). The van der Waals surface area contributed by atoms with Gasteiger partial charge in [-0.3, -0.25) is 0 Å². The molecule has 0 atom stereocenters. The first kappa shape index (κ1) is 19.2. The Morgan fingerprint density at radius 3 is 2.72 bits per heavy atom. The Kier molecular flexibility index (Phi) is 6.42. The molecule has 1 aromatic rings. The summed E-state index contributed by atoms with van der Waals surface area (Å²) in [5, 5.41) is 12.0. The number of nitrogens with zero attached hydrogens (tertiary/aromatic N) is 2. The highest BCUT2D eigenvalue weighted by Crippen LogP contribution is 2.28. The molecule has 0 amide bonds. The highest BCUT2D eigenvalue weighted by molar-refractivity contribution is 7.89. The van der Waals surface area contributed by atoms with E-state index >= 15 is 0 Å². The maximum atomic E-state index is 12.6. The normalized spacial score (nSPS) is 15.6. The summed E-state index contributed by atoms with van der Waals surface area (Å²) in [6.45, 7) is 2.76. The smallest absolute Gasteiger partial charge is 0.350 e. The lowest BCUT2D eigenvalue weighted by Crippen LogP contribution is -2.27. The standard InChI is InChI=1S/C16H18ClN3O4S/c1-2-24-16(21)12(10-18)11-19-15-9-13(5-6-14(15)17)25(22,23)20-7-3-4-8-20/h5-6,9,11,19H,2-4,7-8H2,1H3/b12-11+. The average molecular weight is 384 g/mol. The van der Waals surface area contributed by atoms with Crippen molar-refractivity contribution in [3.63, 3.8) is 0 Å². The third-order valence-corrected chi connectivity index (χ3v) is 5.85. The minimum atomic E-state index is -3.59. The number of esters is 1. The zero-order chi connectivity index (χ0) is 18.4. The van der Waals surface area contributed by atoms with E-state index in [4.69, 9.17) is 21.6 Å². The summed E-state index contributed by atoms with van der Waals surface area (Å²) in [5.74, 6) is -0.769. The van der Waals surface area contributed by atoms with E-state index in [1.807, 2.05) is 0 Å². The summed E-state index contributed by atoms with van der Waals surface area (Å²) in [5.41, 5.74) is 0.0321. The summed E-state index contributed by atoms with van der Waals surface area (Å²) in [6.07, 6.45) is 2.82. The number of rotatable bonds is 6. The molecule has 1 aliphatic rings. The van der Waals surface area contributed by atoms with Gasteiger partial charge in [-0.15, -0.1) is 0 Å². The van der Waals surface area contributed by atoms with Crippen LogP contribution in [0.2, 0.25) is 5.02 Å². The predicted molar refractivity (Wildman–Crippen MR) is 93.4 cm³/mol. The van der Waals surface area contributed by atoms with Crippen LogP contribution in [0.25, 0.3) is 0 Å². The van der Waals surface area contributed by atoms with E-state index in [2.05, 4.69) is 5.32 Å². The third-order valence-electron chi connectivity index (χ3n) is 3.63. The molecule has 0 aromatic heterocycles. The van der Waals surface area contributed by atoms with Crippen molar-refractivity contribution in [2.45, 2.75) is 24.7 Å². The zero-order valence-electron chi connectivity index (χ0n) is 13.7. The fourth-order valence-corrected chi connectivity index (χ4v) is 4.06. The van der Waals surface area contributed by atoms with Crippen molar-refractivity contribution in [2.75, 3.05) is 25.0 Å². The van der Waals surface area contributed by atoms with Crippen LogP contribution in [-0.2, 0) is 19.6 Å². The number of carbonyl (C=O) groups is 1. The molecule has 1 N–H and O–H groups in total. The largest absolute Gasteiger partial charge is 0.462 e. The van der Waals surface area contributed by atoms with Gasteiger partial charge in [-0.05, 0) is 38.0 Å². The average Bonchev–Trinajstić information content (AvgIpc) is 3.12. The Bertz CT molecular complexity index is 824. The lowest BCUT2D eigenvalue weighted by molar-refractivity contribution is -0.138. The lowest BCUT2D eigenvalue weighted by atomic mass is 10.3. The van der Waals surface area contributed by atoms with Crippen LogP contribution >= 0.6 is 11.6 Å². The molecule has 9 heteroatoms. The highest BCUT2D eigenvalue weighted by atomic mass is 35.5. The first-order valence-corrected chi connectivity index (χ1v) is 9.55. The zero-order valence-corrected chi connectivity index (χ0v) is 15.2. The van der Waals surface area contributed by atoms with Gasteiger partial charge in [-0.2, -0.15) is 9.57 Å². The fourth-order valence-electron chi connectivity index (χ4n) is 2.35. The van der Waals surface area contributed by atoms with E-state index in [0.717, 1.165) is 19.0 Å². The lowest BCUT2D eigenvalue weighted by Gasteiger charge is -2.16. The molecular weight excluding hydrogens is 366 g/mol. The quantitative estimate of drug-likeness (QED) is 0.460. The Hall–Kier alpha value is -2.08. The van der Waals surface area contributed by atoms with Gasteiger partial charge in [0.05, 0.1) is 22.2 Å². The van der Waals surface area contributed by atoms with Crippen molar-refractivity contribution >= 4 is 33.3 Å². The Balaban J connectivity index is 2.27. The summed E-state index contributed by atoms with van der Waals surface area (Å²) in [4.78, 5) is 11.7. The number of carbonyl (C=O) groups excluding carboxylic acids is 1. The molecule has 0 bridgehead atoms. The van der Waals surface area contributed by atoms with Crippen LogP contribution in [0, 0.1) is 11.3 Å². The molecule has 0 saturated carbocycles. The molecule has 0 spiro atoms. The number of ether oxygens (including phenoxy) is 1. The Morgan fingerprint density at radius 1 is 1.44 bits per heavy atom. The molecule has 1 aliphatic heterocycles. The maximum absolute atomic E-state index is 12.6. The number of anilines is 1. The van der Waals surface area contributed by atoms with Gasteiger partial charge in [0.25, 0.3) is 0 Å². The van der Waals surface area contributed by atoms with Gasteiger partial charge >= 0.3 is 5.97 Å². The molecule has 0 radical (unpaired) electrons. The van der Waals surface area contributed by atoms with Crippen LogP contribution in [0.4, 0.5) is 5.69 Å². The Morgan fingerprint density at radius 2 is 2.12 bits per heavy atom. The van der Waals surface area contributed by atoms with Crippen molar-refractivity contribution < 1.29 is 17.9 Å².